The van der Waals surface area contributed by atoms with Gasteiger partial charge in [-0.3, -0.25) is 0 Å². The quantitative estimate of drug-likeness (QED) is 0.845. The van der Waals surface area contributed by atoms with Gasteiger partial charge >= 0.3 is 0 Å². The summed E-state index contributed by atoms with van der Waals surface area (Å²) in [6.45, 7) is 1.86. The van der Waals surface area contributed by atoms with Crippen molar-refractivity contribution >= 4 is 21.6 Å². The second-order valence-corrected chi connectivity index (χ2v) is 7.36. The highest BCUT2D eigenvalue weighted by Crippen LogP contribution is 2.48. The highest BCUT2D eigenvalue weighted by atomic mass is 35.5. The van der Waals surface area contributed by atoms with Gasteiger partial charge in [0.05, 0.1) is 16.5 Å². The number of hydrogen-bond acceptors (Lipinski definition) is 3. The van der Waals surface area contributed by atoms with Crippen LogP contribution in [0, 0.1) is 11.2 Å². The molecule has 1 saturated carbocycles. The van der Waals surface area contributed by atoms with E-state index in [2.05, 4.69) is 4.72 Å². The van der Waals surface area contributed by atoms with Crippen molar-refractivity contribution in [3.8, 4) is 0 Å². The first-order valence-electron chi connectivity index (χ1n) is 6.42. The lowest BCUT2D eigenvalue weighted by atomic mass is 10.1. The number of rotatable bonds is 6. The van der Waals surface area contributed by atoms with Crippen molar-refractivity contribution in [3.05, 3.63) is 28.5 Å². The number of aliphatic hydroxyl groups excluding tert-OH is 1. The molecule has 0 amide bonds. The molecule has 1 fully saturated rings. The van der Waals surface area contributed by atoms with Crippen LogP contribution in [-0.2, 0) is 16.6 Å². The highest BCUT2D eigenvalue weighted by Gasteiger charge is 2.41. The number of nitrogens with one attached hydrogen (secondary N) is 1. The van der Waals surface area contributed by atoms with Gasteiger partial charge in [0, 0.05) is 12.1 Å². The summed E-state index contributed by atoms with van der Waals surface area (Å²) in [5.41, 5.74) is 0.112. The zero-order valence-electron chi connectivity index (χ0n) is 11.1. The Bertz CT molecular complexity index is 614. The maximum absolute atomic E-state index is 13.6. The van der Waals surface area contributed by atoms with Crippen LogP contribution < -0.4 is 4.72 Å². The molecular formula is C13H17ClFNO3S. The van der Waals surface area contributed by atoms with Crippen molar-refractivity contribution in [2.24, 2.45) is 5.41 Å². The molecule has 20 heavy (non-hydrogen) atoms. The lowest BCUT2D eigenvalue weighted by molar-refractivity contribution is 0.281. The van der Waals surface area contributed by atoms with Crippen LogP contribution in [0.15, 0.2) is 17.0 Å². The molecule has 0 heterocycles. The lowest BCUT2D eigenvalue weighted by Gasteiger charge is -2.14. The van der Waals surface area contributed by atoms with Crippen molar-refractivity contribution in [2.45, 2.75) is 37.7 Å². The lowest BCUT2D eigenvalue weighted by Crippen LogP contribution is -2.30. The van der Waals surface area contributed by atoms with Crippen LogP contribution in [0.1, 0.15) is 31.7 Å². The van der Waals surface area contributed by atoms with Gasteiger partial charge in [-0.1, -0.05) is 18.5 Å². The van der Waals surface area contributed by atoms with Gasteiger partial charge in [0.1, 0.15) is 5.82 Å². The van der Waals surface area contributed by atoms with E-state index in [0.29, 0.717) is 6.54 Å². The van der Waals surface area contributed by atoms with Crippen molar-refractivity contribution in [1.82, 2.24) is 4.72 Å². The Morgan fingerprint density at radius 1 is 1.45 bits per heavy atom. The van der Waals surface area contributed by atoms with E-state index in [1.165, 1.54) is 6.07 Å². The maximum atomic E-state index is 13.6. The first-order chi connectivity index (χ1) is 9.33. The molecule has 0 bridgehead atoms. The summed E-state index contributed by atoms with van der Waals surface area (Å²) in [4.78, 5) is -0.213. The first kappa shape index (κ1) is 15.7. The zero-order valence-corrected chi connectivity index (χ0v) is 12.7. The summed E-state index contributed by atoms with van der Waals surface area (Å²) in [5.74, 6) is -0.852. The van der Waals surface area contributed by atoms with Gasteiger partial charge < -0.3 is 5.11 Å². The average Bonchev–Trinajstić information content (AvgIpc) is 3.20. The second-order valence-electron chi connectivity index (χ2n) is 5.21. The minimum absolute atomic E-state index is 0.0534. The zero-order chi connectivity index (χ0) is 15.0. The van der Waals surface area contributed by atoms with E-state index < -0.39 is 22.4 Å². The molecule has 4 nitrogen and oxygen atoms in total. The molecule has 2 rings (SSSR count). The Kier molecular flexibility index (Phi) is 4.39. The SMILES string of the molecule is CCC1(CNS(=O)(=O)c2cc(F)c(Cl)c(CO)c2)CC1. The van der Waals surface area contributed by atoms with Crippen LogP contribution in [0.3, 0.4) is 0 Å². The molecule has 0 spiro atoms. The molecule has 1 aromatic rings. The summed E-state index contributed by atoms with van der Waals surface area (Å²) in [5, 5.41) is 8.82. The van der Waals surface area contributed by atoms with Gasteiger partial charge in [0.25, 0.3) is 0 Å². The third-order valence-electron chi connectivity index (χ3n) is 3.90. The molecule has 1 aliphatic carbocycles. The third-order valence-corrected chi connectivity index (χ3v) is 5.71. The minimum atomic E-state index is -3.80. The Morgan fingerprint density at radius 2 is 2.10 bits per heavy atom. The summed E-state index contributed by atoms with van der Waals surface area (Å²) < 4.78 is 40.4. The summed E-state index contributed by atoms with van der Waals surface area (Å²) in [6.07, 6.45) is 2.91. The van der Waals surface area contributed by atoms with Crippen molar-refractivity contribution in [3.63, 3.8) is 0 Å². The van der Waals surface area contributed by atoms with Crippen LogP contribution in [0.25, 0.3) is 0 Å². The van der Waals surface area contributed by atoms with E-state index in [9.17, 15) is 12.8 Å². The van der Waals surface area contributed by atoms with Gasteiger partial charge in [0.15, 0.2) is 0 Å². The molecule has 0 atom stereocenters. The number of sulfonamides is 1. The van der Waals surface area contributed by atoms with Crippen LogP contribution in [0.2, 0.25) is 5.02 Å². The van der Waals surface area contributed by atoms with Gasteiger partial charge in [0.2, 0.25) is 10.0 Å². The predicted molar refractivity (Wildman–Crippen MR) is 74.5 cm³/mol. The number of aliphatic hydroxyl groups is 1. The molecule has 112 valence electrons. The highest BCUT2D eigenvalue weighted by molar-refractivity contribution is 7.89. The van der Waals surface area contributed by atoms with E-state index in [4.69, 9.17) is 16.7 Å². The van der Waals surface area contributed by atoms with Crippen molar-refractivity contribution in [2.75, 3.05) is 6.54 Å². The maximum Gasteiger partial charge on any atom is 0.240 e. The van der Waals surface area contributed by atoms with E-state index in [1.54, 1.807) is 0 Å². The first-order valence-corrected chi connectivity index (χ1v) is 8.28. The molecule has 0 aliphatic heterocycles. The molecule has 0 aromatic heterocycles. The van der Waals surface area contributed by atoms with E-state index in [0.717, 1.165) is 25.3 Å². The number of halogens is 2. The number of hydrogen-bond donors (Lipinski definition) is 2. The van der Waals surface area contributed by atoms with E-state index in [1.807, 2.05) is 6.92 Å². The summed E-state index contributed by atoms with van der Waals surface area (Å²) >= 11 is 5.65. The second kappa shape index (κ2) is 5.60. The molecule has 0 saturated heterocycles. The van der Waals surface area contributed by atoms with Gasteiger partial charge in [-0.25, -0.2) is 17.5 Å². The van der Waals surface area contributed by atoms with Crippen molar-refractivity contribution in [1.29, 1.82) is 0 Å². The summed E-state index contributed by atoms with van der Waals surface area (Å²) in [6, 6.07) is 2.06. The Balaban J connectivity index is 2.23. The molecule has 0 radical (unpaired) electrons. The Morgan fingerprint density at radius 3 is 2.60 bits per heavy atom. The fourth-order valence-electron chi connectivity index (χ4n) is 2.05. The Hall–Kier alpha value is -0.690. The van der Waals surface area contributed by atoms with Gasteiger partial charge in [-0.05, 0) is 36.8 Å². The van der Waals surface area contributed by atoms with E-state index in [-0.39, 0.29) is 20.9 Å². The van der Waals surface area contributed by atoms with Crippen LogP contribution in [0.4, 0.5) is 4.39 Å². The fourth-order valence-corrected chi connectivity index (χ4v) is 3.44. The van der Waals surface area contributed by atoms with Gasteiger partial charge in [-0.2, -0.15) is 0 Å². The molecule has 0 unspecified atom stereocenters. The average molecular weight is 322 g/mol. The molecule has 1 aliphatic rings. The van der Waals surface area contributed by atoms with E-state index >= 15 is 0 Å². The van der Waals surface area contributed by atoms with Crippen LogP contribution >= 0.6 is 11.6 Å². The Labute approximate surface area is 123 Å². The monoisotopic (exact) mass is 321 g/mol. The molecule has 1 aromatic carbocycles. The summed E-state index contributed by atoms with van der Waals surface area (Å²) in [7, 11) is -3.80. The van der Waals surface area contributed by atoms with Crippen molar-refractivity contribution < 1.29 is 17.9 Å². The molecule has 7 heteroatoms. The number of benzene rings is 1. The van der Waals surface area contributed by atoms with Gasteiger partial charge in [-0.15, -0.1) is 0 Å². The fraction of sp³-hybridized carbons (Fsp3) is 0.538. The third kappa shape index (κ3) is 3.14. The normalized spacial score (nSPS) is 17.2. The smallest absolute Gasteiger partial charge is 0.240 e. The van der Waals surface area contributed by atoms with Crippen LogP contribution in [-0.4, -0.2) is 20.1 Å². The topological polar surface area (TPSA) is 66.4 Å². The minimum Gasteiger partial charge on any atom is -0.392 e. The molecular weight excluding hydrogens is 305 g/mol. The van der Waals surface area contributed by atoms with Crippen LogP contribution in [0.5, 0.6) is 0 Å². The standard InChI is InChI=1S/C13H17ClFNO3S/c1-2-13(3-4-13)8-16-20(18,19)10-5-9(7-17)12(14)11(15)6-10/h5-6,16-17H,2-4,7-8H2,1H3. The predicted octanol–water partition coefficient (Wildman–Crippen LogP) is 2.44. The largest absolute Gasteiger partial charge is 0.392 e. The molecule has 2 N–H and O–H groups in total.